The predicted molar refractivity (Wildman–Crippen MR) is 81.4 cm³/mol. The van der Waals surface area contributed by atoms with Crippen LogP contribution >= 0.6 is 11.3 Å². The number of hydrogen-bond acceptors (Lipinski definition) is 4. The molecule has 0 aliphatic carbocycles. The number of aryl methyl sites for hydroxylation is 1. The lowest BCUT2D eigenvalue weighted by molar-refractivity contribution is 0.262. The number of rotatable bonds is 5. The zero-order chi connectivity index (χ0) is 14.8. The normalized spacial score (nSPS) is 18.6. The molecule has 0 amide bonds. The fourth-order valence-electron chi connectivity index (χ4n) is 2.84. The monoisotopic (exact) mass is 317 g/mol. The van der Waals surface area contributed by atoms with Crippen molar-refractivity contribution in [3.05, 3.63) is 15.8 Å². The van der Waals surface area contributed by atoms with Gasteiger partial charge in [-0.3, -0.25) is 0 Å². The third-order valence-electron chi connectivity index (χ3n) is 3.97. The molecule has 1 N–H and O–H groups in total. The number of thiophene rings is 1. The summed E-state index contributed by atoms with van der Waals surface area (Å²) in [6, 6.07) is 1.62. The van der Waals surface area contributed by atoms with E-state index >= 15 is 0 Å². The van der Waals surface area contributed by atoms with Gasteiger partial charge in [0.2, 0.25) is 10.0 Å². The molecule has 1 aromatic rings. The Morgan fingerprint density at radius 3 is 2.55 bits per heavy atom. The van der Waals surface area contributed by atoms with Gasteiger partial charge in [-0.1, -0.05) is 19.8 Å². The quantitative estimate of drug-likeness (QED) is 0.908. The van der Waals surface area contributed by atoms with Gasteiger partial charge in [-0.15, -0.1) is 11.3 Å². The molecular formula is C14H23NO3S2. The second-order valence-corrected chi connectivity index (χ2v) is 8.67. The van der Waals surface area contributed by atoms with Crippen molar-refractivity contribution in [2.24, 2.45) is 5.92 Å². The molecule has 1 aromatic heterocycles. The number of aliphatic hydroxyl groups is 1. The molecule has 0 saturated carbocycles. The first-order valence-corrected chi connectivity index (χ1v) is 9.45. The zero-order valence-electron chi connectivity index (χ0n) is 12.1. The van der Waals surface area contributed by atoms with Crippen LogP contribution < -0.4 is 0 Å². The molecule has 1 aliphatic heterocycles. The molecular weight excluding hydrogens is 294 g/mol. The molecule has 0 radical (unpaired) electrons. The summed E-state index contributed by atoms with van der Waals surface area (Å²) in [4.78, 5) is 1.85. The van der Waals surface area contributed by atoms with Crippen LogP contribution in [0.25, 0.3) is 0 Å². The van der Waals surface area contributed by atoms with Crippen molar-refractivity contribution in [3.63, 3.8) is 0 Å². The zero-order valence-corrected chi connectivity index (χ0v) is 13.8. The van der Waals surface area contributed by atoms with E-state index in [0.717, 1.165) is 17.7 Å². The van der Waals surface area contributed by atoms with E-state index < -0.39 is 10.0 Å². The van der Waals surface area contributed by atoms with Crippen LogP contribution in [0.3, 0.4) is 0 Å². The summed E-state index contributed by atoms with van der Waals surface area (Å²) < 4.78 is 26.9. The Kier molecular flexibility index (Phi) is 5.23. The third kappa shape index (κ3) is 3.24. The molecule has 1 aliphatic rings. The molecule has 0 unspecified atom stereocenters. The molecule has 2 rings (SSSR count). The Labute approximate surface area is 125 Å². The fraction of sp³-hybridized carbons (Fsp3) is 0.714. The molecule has 0 bridgehead atoms. The van der Waals surface area contributed by atoms with E-state index in [-0.39, 0.29) is 6.61 Å². The lowest BCUT2D eigenvalue weighted by atomic mass is 9.94. The first-order valence-electron chi connectivity index (χ1n) is 7.19. The van der Waals surface area contributed by atoms with Crippen molar-refractivity contribution in [1.82, 2.24) is 4.31 Å². The topological polar surface area (TPSA) is 57.6 Å². The minimum atomic E-state index is -3.39. The minimum absolute atomic E-state index is 0.0976. The summed E-state index contributed by atoms with van der Waals surface area (Å²) in [6.45, 7) is 5.13. The van der Waals surface area contributed by atoms with Gasteiger partial charge in [-0.05, 0) is 31.7 Å². The van der Waals surface area contributed by atoms with Gasteiger partial charge in [-0.25, -0.2) is 8.42 Å². The molecule has 114 valence electrons. The van der Waals surface area contributed by atoms with Crippen molar-refractivity contribution in [3.8, 4) is 0 Å². The van der Waals surface area contributed by atoms with E-state index in [0.29, 0.717) is 28.8 Å². The number of sulfonamides is 1. The number of hydrogen-bond donors (Lipinski definition) is 1. The van der Waals surface area contributed by atoms with Crippen LogP contribution in [0, 0.1) is 12.8 Å². The van der Waals surface area contributed by atoms with E-state index in [1.54, 1.807) is 17.3 Å². The van der Waals surface area contributed by atoms with E-state index in [1.807, 2.05) is 0 Å². The predicted octanol–water partition coefficient (Wildman–Crippen LogP) is 2.75. The van der Waals surface area contributed by atoms with Crippen LogP contribution in [0.1, 0.15) is 42.4 Å². The SMILES string of the molecule is CCCC1CCN(S(=O)(=O)c2cc(CO)sc2C)CC1. The highest BCUT2D eigenvalue weighted by molar-refractivity contribution is 7.89. The number of nitrogens with zero attached hydrogens (tertiary/aromatic N) is 1. The molecule has 4 nitrogen and oxygen atoms in total. The minimum Gasteiger partial charge on any atom is -0.391 e. The van der Waals surface area contributed by atoms with Gasteiger partial charge in [-0.2, -0.15) is 4.31 Å². The van der Waals surface area contributed by atoms with Gasteiger partial charge in [0.05, 0.1) is 11.5 Å². The molecule has 0 atom stereocenters. The smallest absolute Gasteiger partial charge is 0.244 e. The molecule has 2 heterocycles. The molecule has 0 spiro atoms. The summed E-state index contributed by atoms with van der Waals surface area (Å²) in [7, 11) is -3.39. The van der Waals surface area contributed by atoms with Crippen molar-refractivity contribution in [2.75, 3.05) is 13.1 Å². The van der Waals surface area contributed by atoms with Crippen LogP contribution in [0.5, 0.6) is 0 Å². The Hall–Kier alpha value is -0.430. The van der Waals surface area contributed by atoms with Crippen LogP contribution in [0.4, 0.5) is 0 Å². The van der Waals surface area contributed by atoms with Gasteiger partial charge in [0.15, 0.2) is 0 Å². The van der Waals surface area contributed by atoms with E-state index in [2.05, 4.69) is 6.92 Å². The first-order chi connectivity index (χ1) is 9.48. The van der Waals surface area contributed by atoms with Crippen molar-refractivity contribution < 1.29 is 13.5 Å². The highest BCUT2D eigenvalue weighted by atomic mass is 32.2. The maximum absolute atomic E-state index is 12.7. The molecule has 1 saturated heterocycles. The van der Waals surface area contributed by atoms with Gasteiger partial charge >= 0.3 is 0 Å². The second-order valence-electron chi connectivity index (χ2n) is 5.43. The first kappa shape index (κ1) is 15.9. The van der Waals surface area contributed by atoms with Crippen molar-refractivity contribution in [2.45, 2.75) is 51.0 Å². The Morgan fingerprint density at radius 2 is 2.05 bits per heavy atom. The largest absolute Gasteiger partial charge is 0.391 e. The summed E-state index contributed by atoms with van der Waals surface area (Å²) in [5.41, 5.74) is 0. The maximum atomic E-state index is 12.7. The van der Waals surface area contributed by atoms with Crippen LogP contribution in [-0.2, 0) is 16.6 Å². The summed E-state index contributed by atoms with van der Waals surface area (Å²) in [6.07, 6.45) is 4.28. The number of piperidine rings is 1. The summed E-state index contributed by atoms with van der Waals surface area (Å²) in [5.74, 6) is 0.669. The summed E-state index contributed by atoms with van der Waals surface area (Å²) >= 11 is 1.36. The van der Waals surface area contributed by atoms with E-state index in [4.69, 9.17) is 5.11 Å². The highest BCUT2D eigenvalue weighted by Crippen LogP contribution is 2.31. The number of aliphatic hydroxyl groups excluding tert-OH is 1. The van der Waals surface area contributed by atoms with Gasteiger partial charge < -0.3 is 5.11 Å². The van der Waals surface area contributed by atoms with Gasteiger partial charge in [0.1, 0.15) is 0 Å². The highest BCUT2D eigenvalue weighted by Gasteiger charge is 2.31. The average molecular weight is 317 g/mol. The lowest BCUT2D eigenvalue weighted by Crippen LogP contribution is -2.38. The van der Waals surface area contributed by atoms with E-state index in [1.165, 1.54) is 24.2 Å². The van der Waals surface area contributed by atoms with Crippen LogP contribution in [-0.4, -0.2) is 30.9 Å². The lowest BCUT2D eigenvalue weighted by Gasteiger charge is -2.31. The average Bonchev–Trinajstić information content (AvgIpc) is 2.82. The van der Waals surface area contributed by atoms with Gasteiger partial charge in [0, 0.05) is 22.8 Å². The standard InChI is InChI=1S/C14H23NO3S2/c1-3-4-12-5-7-15(8-6-12)20(17,18)14-9-13(10-16)19-11(14)2/h9,12,16H,3-8,10H2,1-2H3. The van der Waals surface area contributed by atoms with Gasteiger partial charge in [0.25, 0.3) is 0 Å². The Bertz CT molecular complexity index is 543. The van der Waals surface area contributed by atoms with Crippen LogP contribution in [0.15, 0.2) is 11.0 Å². The van der Waals surface area contributed by atoms with Crippen molar-refractivity contribution in [1.29, 1.82) is 0 Å². The van der Waals surface area contributed by atoms with Crippen molar-refractivity contribution >= 4 is 21.4 Å². The molecule has 0 aromatic carbocycles. The fourth-order valence-corrected chi connectivity index (χ4v) is 5.78. The molecule has 20 heavy (non-hydrogen) atoms. The Morgan fingerprint density at radius 1 is 1.40 bits per heavy atom. The maximum Gasteiger partial charge on any atom is 0.244 e. The summed E-state index contributed by atoms with van der Waals surface area (Å²) in [5, 5.41) is 9.15. The molecule has 1 fully saturated rings. The van der Waals surface area contributed by atoms with Crippen LogP contribution in [0.2, 0.25) is 0 Å². The van der Waals surface area contributed by atoms with E-state index in [9.17, 15) is 8.42 Å². The Balaban J connectivity index is 2.13. The third-order valence-corrected chi connectivity index (χ3v) is 7.16. The second kappa shape index (κ2) is 6.56. The molecule has 6 heteroatoms.